The van der Waals surface area contributed by atoms with Gasteiger partial charge in [0, 0.05) is 6.08 Å². The van der Waals surface area contributed by atoms with Crippen molar-refractivity contribution in [2.75, 3.05) is 0 Å². The largest absolute Gasteiger partial charge is 0.508 e. The molecule has 1 aliphatic carbocycles. The summed E-state index contributed by atoms with van der Waals surface area (Å²) in [5, 5.41) is 18.0. The fraction of sp³-hybridized carbons (Fsp3) is 0.111. The van der Waals surface area contributed by atoms with E-state index in [2.05, 4.69) is 0 Å². The molecule has 1 aliphatic rings. The summed E-state index contributed by atoms with van der Waals surface area (Å²) < 4.78 is 0. The third kappa shape index (κ3) is 3.82. The highest BCUT2D eigenvalue weighted by Gasteiger charge is 2.31. The second-order valence-corrected chi connectivity index (χ2v) is 4.99. The van der Waals surface area contributed by atoms with E-state index in [1.54, 1.807) is 30.4 Å². The molecule has 22 heavy (non-hydrogen) atoms. The minimum atomic E-state index is -1.09. The molecule has 0 bridgehead atoms. The number of allylic oxidation sites excluding steroid dienone is 6. The highest BCUT2D eigenvalue weighted by atomic mass is 16.4. The first-order valence-corrected chi connectivity index (χ1v) is 6.80. The van der Waals surface area contributed by atoms with Gasteiger partial charge in [-0.1, -0.05) is 48.6 Å². The molecule has 1 unspecified atom stereocenters. The normalized spacial score (nSPS) is 20.7. The monoisotopic (exact) mass is 296 g/mol. The molecule has 2 N–H and O–H groups in total. The van der Waals surface area contributed by atoms with Crippen molar-refractivity contribution in [3.63, 3.8) is 0 Å². The van der Waals surface area contributed by atoms with Crippen molar-refractivity contribution >= 4 is 17.8 Å². The van der Waals surface area contributed by atoms with Crippen LogP contribution < -0.4 is 0 Å². The molecule has 0 saturated heterocycles. The van der Waals surface area contributed by atoms with Crippen LogP contribution in [0.1, 0.15) is 12.0 Å². The molecule has 0 aliphatic heterocycles. The molecule has 1 aromatic rings. The van der Waals surface area contributed by atoms with Crippen LogP contribution in [-0.2, 0) is 9.59 Å². The maximum atomic E-state index is 12.5. The molecule has 1 aromatic carbocycles. The molecule has 112 valence electrons. The smallest absolute Gasteiger partial charge is 0.328 e. The molecule has 2 rings (SSSR count). The van der Waals surface area contributed by atoms with Gasteiger partial charge in [-0.05, 0) is 30.2 Å². The zero-order valence-electron chi connectivity index (χ0n) is 11.8. The number of carboxylic acid groups (broad SMARTS) is 1. The van der Waals surface area contributed by atoms with Crippen LogP contribution in [0.2, 0.25) is 0 Å². The van der Waals surface area contributed by atoms with Crippen molar-refractivity contribution in [2.24, 2.45) is 5.41 Å². The number of ketones is 1. The fourth-order valence-electron chi connectivity index (χ4n) is 2.16. The zero-order chi connectivity index (χ0) is 16.0. The van der Waals surface area contributed by atoms with E-state index in [1.807, 2.05) is 12.2 Å². The molecule has 0 radical (unpaired) electrons. The summed E-state index contributed by atoms with van der Waals surface area (Å²) in [7, 11) is 0. The number of hydrogen-bond donors (Lipinski definition) is 2. The van der Waals surface area contributed by atoms with Crippen LogP contribution in [0.25, 0.3) is 6.08 Å². The Balaban J connectivity index is 2.22. The van der Waals surface area contributed by atoms with Crippen LogP contribution >= 0.6 is 0 Å². The van der Waals surface area contributed by atoms with Gasteiger partial charge in [0.2, 0.25) is 0 Å². The number of benzene rings is 1. The highest BCUT2D eigenvalue weighted by Crippen LogP contribution is 2.31. The lowest BCUT2D eigenvalue weighted by molar-refractivity contribution is -0.131. The second-order valence-electron chi connectivity index (χ2n) is 4.99. The lowest BCUT2D eigenvalue weighted by Gasteiger charge is -2.24. The minimum Gasteiger partial charge on any atom is -0.508 e. The van der Waals surface area contributed by atoms with Gasteiger partial charge in [0.15, 0.2) is 5.78 Å². The average Bonchev–Trinajstić information content (AvgIpc) is 2.53. The van der Waals surface area contributed by atoms with Gasteiger partial charge in [-0.3, -0.25) is 4.79 Å². The number of carboxylic acids is 1. The van der Waals surface area contributed by atoms with Crippen LogP contribution in [0.4, 0.5) is 0 Å². The molecule has 0 heterocycles. The van der Waals surface area contributed by atoms with Gasteiger partial charge in [0.05, 0.1) is 5.41 Å². The van der Waals surface area contributed by atoms with E-state index < -0.39 is 11.4 Å². The molecule has 4 heteroatoms. The van der Waals surface area contributed by atoms with Gasteiger partial charge in [-0.15, -0.1) is 0 Å². The Labute approximate surface area is 128 Å². The quantitative estimate of drug-likeness (QED) is 0.819. The van der Waals surface area contributed by atoms with Crippen molar-refractivity contribution in [3.05, 3.63) is 72.4 Å². The number of rotatable bonds is 5. The molecule has 0 amide bonds. The Morgan fingerprint density at radius 1 is 1.09 bits per heavy atom. The number of phenolic OH excluding ortho intramolecular Hbond substituents is 1. The molecule has 1 atom stereocenters. The van der Waals surface area contributed by atoms with Gasteiger partial charge in [0.25, 0.3) is 0 Å². The van der Waals surface area contributed by atoms with Crippen LogP contribution in [0.5, 0.6) is 5.75 Å². The number of phenols is 1. The average molecular weight is 296 g/mol. The molecule has 0 saturated carbocycles. The first-order valence-electron chi connectivity index (χ1n) is 6.80. The third-order valence-electron chi connectivity index (χ3n) is 3.40. The maximum Gasteiger partial charge on any atom is 0.328 e. The summed E-state index contributed by atoms with van der Waals surface area (Å²) in [6, 6.07) is 6.45. The summed E-state index contributed by atoms with van der Waals surface area (Å²) in [5.74, 6) is -1.12. The Bertz CT molecular complexity index is 678. The van der Waals surface area contributed by atoms with E-state index in [1.165, 1.54) is 24.3 Å². The SMILES string of the molecule is O=C(O)C=CC1(C(=O)/C=C/c2ccc(O)cc2)C=CC=CC1. The highest BCUT2D eigenvalue weighted by molar-refractivity contribution is 6.01. The van der Waals surface area contributed by atoms with Crippen molar-refractivity contribution in [1.29, 1.82) is 0 Å². The summed E-state index contributed by atoms with van der Waals surface area (Å²) in [5.41, 5.74) is -0.181. The Morgan fingerprint density at radius 2 is 1.82 bits per heavy atom. The zero-order valence-corrected chi connectivity index (χ0v) is 11.8. The van der Waals surface area contributed by atoms with E-state index in [0.717, 1.165) is 11.6 Å². The molecular weight excluding hydrogens is 280 g/mol. The van der Waals surface area contributed by atoms with Gasteiger partial charge < -0.3 is 10.2 Å². The van der Waals surface area contributed by atoms with Gasteiger partial charge in [0.1, 0.15) is 5.75 Å². The van der Waals surface area contributed by atoms with E-state index in [0.29, 0.717) is 6.42 Å². The fourth-order valence-corrected chi connectivity index (χ4v) is 2.16. The van der Waals surface area contributed by atoms with Crippen molar-refractivity contribution < 1.29 is 19.8 Å². The van der Waals surface area contributed by atoms with E-state index in [4.69, 9.17) is 5.11 Å². The number of carbonyl (C=O) groups excluding carboxylic acids is 1. The Hall–Kier alpha value is -2.88. The molecule has 0 spiro atoms. The predicted octanol–water partition coefficient (Wildman–Crippen LogP) is 3.12. The lowest BCUT2D eigenvalue weighted by Crippen LogP contribution is -2.26. The lowest BCUT2D eigenvalue weighted by atomic mass is 9.77. The van der Waals surface area contributed by atoms with Crippen LogP contribution in [0, 0.1) is 5.41 Å². The van der Waals surface area contributed by atoms with Crippen molar-refractivity contribution in [3.8, 4) is 5.75 Å². The van der Waals surface area contributed by atoms with Crippen molar-refractivity contribution in [2.45, 2.75) is 6.42 Å². The summed E-state index contributed by atoms with van der Waals surface area (Å²) in [6.07, 6.45) is 13.0. The predicted molar refractivity (Wildman–Crippen MR) is 84.3 cm³/mol. The summed E-state index contributed by atoms with van der Waals surface area (Å²) in [6.45, 7) is 0. The number of carbonyl (C=O) groups is 2. The Kier molecular flexibility index (Phi) is 4.73. The minimum absolute atomic E-state index is 0.157. The Morgan fingerprint density at radius 3 is 2.41 bits per heavy atom. The second kappa shape index (κ2) is 6.72. The van der Waals surface area contributed by atoms with Crippen LogP contribution in [-0.4, -0.2) is 22.0 Å². The van der Waals surface area contributed by atoms with Crippen LogP contribution in [0.15, 0.2) is 66.8 Å². The van der Waals surface area contributed by atoms with Crippen LogP contribution in [0.3, 0.4) is 0 Å². The van der Waals surface area contributed by atoms with Gasteiger partial charge >= 0.3 is 5.97 Å². The standard InChI is InChI=1S/C18H16O4/c19-15-7-4-14(5-8-15)6-9-16(20)18(13-10-17(21)22)11-2-1-3-12-18/h1-11,13,19H,12H2,(H,21,22)/b9-6+,13-10?. The third-order valence-corrected chi connectivity index (χ3v) is 3.40. The topological polar surface area (TPSA) is 74.6 Å². The first kappa shape index (κ1) is 15.5. The van der Waals surface area contributed by atoms with E-state index in [9.17, 15) is 14.7 Å². The summed E-state index contributed by atoms with van der Waals surface area (Å²) >= 11 is 0. The molecule has 4 nitrogen and oxygen atoms in total. The first-order chi connectivity index (χ1) is 10.5. The summed E-state index contributed by atoms with van der Waals surface area (Å²) in [4.78, 5) is 23.2. The van der Waals surface area contributed by atoms with E-state index >= 15 is 0 Å². The molecular formula is C18H16O4. The maximum absolute atomic E-state index is 12.5. The van der Waals surface area contributed by atoms with Crippen molar-refractivity contribution in [1.82, 2.24) is 0 Å². The number of hydrogen-bond acceptors (Lipinski definition) is 3. The number of aromatic hydroxyl groups is 1. The van der Waals surface area contributed by atoms with Gasteiger partial charge in [-0.2, -0.15) is 0 Å². The number of aliphatic carboxylic acids is 1. The molecule has 0 aromatic heterocycles. The van der Waals surface area contributed by atoms with E-state index in [-0.39, 0.29) is 11.5 Å². The molecule has 0 fully saturated rings. The van der Waals surface area contributed by atoms with Gasteiger partial charge in [-0.25, -0.2) is 4.79 Å².